The van der Waals surface area contributed by atoms with Gasteiger partial charge in [-0.1, -0.05) is 42.3 Å². The Kier molecular flexibility index (Phi) is 8.77. The lowest BCUT2D eigenvalue weighted by molar-refractivity contribution is -0.132. The molecule has 28 heavy (non-hydrogen) atoms. The summed E-state index contributed by atoms with van der Waals surface area (Å²) in [5, 5.41) is 0. The molecule has 0 N–H and O–H groups in total. The summed E-state index contributed by atoms with van der Waals surface area (Å²) in [6, 6.07) is 11.3. The number of benzene rings is 1. The molecule has 0 spiro atoms. The highest BCUT2D eigenvalue weighted by molar-refractivity contribution is 9.10. The van der Waals surface area contributed by atoms with Crippen molar-refractivity contribution in [3.63, 3.8) is 0 Å². The van der Waals surface area contributed by atoms with Gasteiger partial charge in [-0.2, -0.15) is 0 Å². The molecule has 1 aromatic heterocycles. The standard InChI is InChI=1S/C22H30BrN3O2/c1-4-6-14-25(16-20-11-8-13-24(20)3)21(27)17-26(12-5-2)22(28)18-9-7-10-19(23)15-18/h7-11,13,15H,4-6,12,14,16-17H2,1-3H3. The Morgan fingerprint density at radius 3 is 2.43 bits per heavy atom. The Morgan fingerprint density at radius 1 is 1.04 bits per heavy atom. The first-order chi connectivity index (χ1) is 13.5. The van der Waals surface area contributed by atoms with E-state index in [-0.39, 0.29) is 18.4 Å². The summed E-state index contributed by atoms with van der Waals surface area (Å²) in [7, 11) is 1.98. The van der Waals surface area contributed by atoms with Crippen molar-refractivity contribution in [3.8, 4) is 0 Å². The van der Waals surface area contributed by atoms with Gasteiger partial charge in [0.1, 0.15) is 6.54 Å². The number of amides is 2. The summed E-state index contributed by atoms with van der Waals surface area (Å²) in [5.41, 5.74) is 1.68. The summed E-state index contributed by atoms with van der Waals surface area (Å²) in [6.45, 7) is 6.06. The third-order valence-corrected chi connectivity index (χ3v) is 5.21. The maximum Gasteiger partial charge on any atom is 0.254 e. The molecule has 2 aromatic rings. The number of hydrogen-bond donors (Lipinski definition) is 0. The lowest BCUT2D eigenvalue weighted by Crippen LogP contribution is -2.43. The molecule has 0 unspecified atom stereocenters. The highest BCUT2D eigenvalue weighted by Gasteiger charge is 2.22. The van der Waals surface area contributed by atoms with Crippen molar-refractivity contribution in [2.24, 2.45) is 7.05 Å². The Bertz CT molecular complexity index is 788. The van der Waals surface area contributed by atoms with Crippen molar-refractivity contribution in [1.29, 1.82) is 0 Å². The highest BCUT2D eigenvalue weighted by Crippen LogP contribution is 2.15. The molecule has 0 atom stereocenters. The first kappa shape index (κ1) is 22.2. The monoisotopic (exact) mass is 447 g/mol. The van der Waals surface area contributed by atoms with Gasteiger partial charge in [-0.25, -0.2) is 0 Å². The van der Waals surface area contributed by atoms with Crippen LogP contribution in [0.3, 0.4) is 0 Å². The van der Waals surface area contributed by atoms with Crippen molar-refractivity contribution < 1.29 is 9.59 Å². The molecule has 0 aliphatic heterocycles. The smallest absolute Gasteiger partial charge is 0.254 e. The molecule has 6 heteroatoms. The topological polar surface area (TPSA) is 45.6 Å². The van der Waals surface area contributed by atoms with Gasteiger partial charge in [0.05, 0.1) is 6.54 Å². The van der Waals surface area contributed by atoms with E-state index >= 15 is 0 Å². The van der Waals surface area contributed by atoms with E-state index in [1.807, 2.05) is 53.9 Å². The molecule has 152 valence electrons. The van der Waals surface area contributed by atoms with E-state index in [0.717, 1.165) is 29.4 Å². The number of unbranched alkanes of at least 4 members (excludes halogenated alkanes) is 1. The van der Waals surface area contributed by atoms with Crippen LogP contribution in [0.15, 0.2) is 47.1 Å². The zero-order valence-corrected chi connectivity index (χ0v) is 18.6. The quantitative estimate of drug-likeness (QED) is 0.539. The molecule has 0 aliphatic rings. The molecular weight excluding hydrogens is 418 g/mol. The summed E-state index contributed by atoms with van der Waals surface area (Å²) < 4.78 is 2.89. The van der Waals surface area contributed by atoms with E-state index < -0.39 is 0 Å². The normalized spacial score (nSPS) is 10.7. The molecule has 1 heterocycles. The third kappa shape index (κ3) is 6.23. The predicted octanol–water partition coefficient (Wildman–Crippen LogP) is 4.47. The van der Waals surface area contributed by atoms with Crippen LogP contribution in [-0.2, 0) is 18.4 Å². The van der Waals surface area contributed by atoms with E-state index in [2.05, 4.69) is 22.9 Å². The second-order valence-corrected chi connectivity index (χ2v) is 7.93. The molecule has 0 radical (unpaired) electrons. The number of carbonyl (C=O) groups is 2. The second kappa shape index (κ2) is 11.1. The molecule has 0 saturated heterocycles. The van der Waals surface area contributed by atoms with E-state index in [1.54, 1.807) is 17.0 Å². The van der Waals surface area contributed by atoms with Crippen LogP contribution in [0.1, 0.15) is 49.2 Å². The molecule has 1 aromatic carbocycles. The number of rotatable bonds is 10. The fourth-order valence-electron chi connectivity index (χ4n) is 3.09. The number of carbonyl (C=O) groups excluding carboxylic acids is 2. The molecule has 0 bridgehead atoms. The maximum atomic E-state index is 13.1. The zero-order valence-electron chi connectivity index (χ0n) is 17.0. The molecule has 0 fully saturated rings. The van der Waals surface area contributed by atoms with Crippen molar-refractivity contribution in [3.05, 3.63) is 58.3 Å². The predicted molar refractivity (Wildman–Crippen MR) is 116 cm³/mol. The summed E-state index contributed by atoms with van der Waals surface area (Å²) in [5.74, 6) is -0.114. The van der Waals surface area contributed by atoms with Gasteiger partial charge in [0.15, 0.2) is 0 Å². The molecule has 2 rings (SSSR count). The van der Waals surface area contributed by atoms with Gasteiger partial charge in [0, 0.05) is 42.1 Å². The van der Waals surface area contributed by atoms with Crippen LogP contribution in [0, 0.1) is 0 Å². The minimum atomic E-state index is -0.106. The van der Waals surface area contributed by atoms with Gasteiger partial charge in [-0.3, -0.25) is 9.59 Å². The Labute approximate surface area is 176 Å². The lowest BCUT2D eigenvalue weighted by atomic mass is 10.2. The van der Waals surface area contributed by atoms with Crippen molar-refractivity contribution in [1.82, 2.24) is 14.4 Å². The van der Waals surface area contributed by atoms with Gasteiger partial charge in [-0.05, 0) is 43.2 Å². The summed E-state index contributed by atoms with van der Waals surface area (Å²) in [4.78, 5) is 29.6. The van der Waals surface area contributed by atoms with Gasteiger partial charge in [0.25, 0.3) is 5.91 Å². The van der Waals surface area contributed by atoms with E-state index in [9.17, 15) is 9.59 Å². The number of nitrogens with zero attached hydrogens (tertiary/aromatic N) is 3. The van der Waals surface area contributed by atoms with Crippen LogP contribution < -0.4 is 0 Å². The number of aryl methyl sites for hydroxylation is 1. The van der Waals surface area contributed by atoms with Crippen LogP contribution in [0.4, 0.5) is 0 Å². The second-order valence-electron chi connectivity index (χ2n) is 7.02. The molecular formula is C22H30BrN3O2. The number of aromatic nitrogens is 1. The van der Waals surface area contributed by atoms with E-state index in [0.29, 0.717) is 25.2 Å². The first-order valence-electron chi connectivity index (χ1n) is 9.89. The van der Waals surface area contributed by atoms with Gasteiger partial charge in [-0.15, -0.1) is 0 Å². The van der Waals surface area contributed by atoms with Crippen LogP contribution >= 0.6 is 15.9 Å². The van der Waals surface area contributed by atoms with E-state index in [4.69, 9.17) is 0 Å². The summed E-state index contributed by atoms with van der Waals surface area (Å²) in [6.07, 6.45) is 4.76. The highest BCUT2D eigenvalue weighted by atomic mass is 79.9. The lowest BCUT2D eigenvalue weighted by Gasteiger charge is -2.28. The van der Waals surface area contributed by atoms with Crippen LogP contribution in [0.25, 0.3) is 0 Å². The van der Waals surface area contributed by atoms with E-state index in [1.165, 1.54) is 0 Å². The third-order valence-electron chi connectivity index (χ3n) is 4.72. The fourth-order valence-corrected chi connectivity index (χ4v) is 3.49. The Morgan fingerprint density at radius 2 is 1.82 bits per heavy atom. The Balaban J connectivity index is 2.14. The zero-order chi connectivity index (χ0) is 20.5. The number of halogens is 1. The molecule has 2 amide bonds. The SMILES string of the molecule is CCCCN(Cc1cccn1C)C(=O)CN(CCC)C(=O)c1cccc(Br)c1. The van der Waals surface area contributed by atoms with Gasteiger partial charge >= 0.3 is 0 Å². The minimum absolute atomic E-state index is 0.00792. The minimum Gasteiger partial charge on any atom is -0.353 e. The van der Waals surface area contributed by atoms with Crippen molar-refractivity contribution in [2.75, 3.05) is 19.6 Å². The van der Waals surface area contributed by atoms with Crippen molar-refractivity contribution >= 4 is 27.7 Å². The first-order valence-corrected chi connectivity index (χ1v) is 10.7. The van der Waals surface area contributed by atoms with Gasteiger partial charge in [0.2, 0.25) is 5.91 Å². The van der Waals surface area contributed by atoms with Crippen LogP contribution in [0.2, 0.25) is 0 Å². The van der Waals surface area contributed by atoms with Gasteiger partial charge < -0.3 is 14.4 Å². The Hall–Kier alpha value is -2.08. The fraction of sp³-hybridized carbons (Fsp3) is 0.455. The largest absolute Gasteiger partial charge is 0.353 e. The average Bonchev–Trinajstić information content (AvgIpc) is 3.08. The molecule has 0 saturated carbocycles. The van der Waals surface area contributed by atoms with Crippen LogP contribution in [-0.4, -0.2) is 45.8 Å². The molecule has 5 nitrogen and oxygen atoms in total. The van der Waals surface area contributed by atoms with Crippen molar-refractivity contribution in [2.45, 2.75) is 39.7 Å². The average molecular weight is 448 g/mol. The van der Waals surface area contributed by atoms with Crippen LogP contribution in [0.5, 0.6) is 0 Å². The molecule has 0 aliphatic carbocycles. The number of hydrogen-bond acceptors (Lipinski definition) is 2. The maximum absolute atomic E-state index is 13.1. The summed E-state index contributed by atoms with van der Waals surface area (Å²) >= 11 is 3.41.